The lowest BCUT2D eigenvalue weighted by Crippen LogP contribution is -2.22. The van der Waals surface area contributed by atoms with Crippen molar-refractivity contribution in [1.29, 1.82) is 0 Å². The van der Waals surface area contributed by atoms with Crippen LogP contribution >= 0.6 is 0 Å². The first-order valence-corrected chi connectivity index (χ1v) is 7.59. The number of hydrogen-bond acceptors (Lipinski definition) is 3. The van der Waals surface area contributed by atoms with Crippen molar-refractivity contribution in [3.8, 4) is 0 Å². The molecule has 1 aliphatic carbocycles. The number of aliphatic hydroxyl groups is 1. The Hall–Kier alpha value is -2.68. The maximum atomic E-state index is 12.8. The molecule has 0 amide bonds. The van der Waals surface area contributed by atoms with Crippen molar-refractivity contribution in [1.82, 2.24) is 0 Å². The van der Waals surface area contributed by atoms with Gasteiger partial charge in [0.1, 0.15) is 0 Å². The summed E-state index contributed by atoms with van der Waals surface area (Å²) in [6, 6.07) is 9.22. The highest BCUT2D eigenvalue weighted by atomic mass is 16.3. The number of carbonyl (C=O) groups is 2. The number of hydrogen-bond donors (Lipinski definition) is 1. The molecule has 116 valence electrons. The topological polar surface area (TPSA) is 54.4 Å². The molecule has 0 atom stereocenters. The van der Waals surface area contributed by atoms with Gasteiger partial charge in [-0.05, 0) is 49.6 Å². The highest BCUT2D eigenvalue weighted by Gasteiger charge is 2.33. The monoisotopic (exact) mass is 306 g/mol. The van der Waals surface area contributed by atoms with E-state index in [1.54, 1.807) is 6.07 Å². The van der Waals surface area contributed by atoms with Crippen LogP contribution in [0.3, 0.4) is 0 Å². The second-order valence-electron chi connectivity index (χ2n) is 6.13. The molecule has 2 aromatic rings. The number of Topliss-reactive ketones (excluding diaryl/α,β-unsaturated/α-hetero) is 2. The zero-order valence-corrected chi connectivity index (χ0v) is 13.4. The average Bonchev–Trinajstić information content (AvgIpc) is 2.52. The van der Waals surface area contributed by atoms with Crippen molar-refractivity contribution in [3.63, 3.8) is 0 Å². The molecule has 0 aromatic heterocycles. The van der Waals surface area contributed by atoms with Crippen LogP contribution in [-0.4, -0.2) is 16.7 Å². The highest BCUT2D eigenvalue weighted by molar-refractivity contribution is 6.30. The third-order valence-electron chi connectivity index (χ3n) is 4.21. The molecule has 0 fully saturated rings. The minimum absolute atomic E-state index is 0.179. The number of aryl methyl sites for hydroxylation is 1. The summed E-state index contributed by atoms with van der Waals surface area (Å²) in [5.41, 5.74) is 2.86. The van der Waals surface area contributed by atoms with Crippen molar-refractivity contribution in [2.24, 2.45) is 0 Å². The maximum Gasteiger partial charge on any atom is 0.229 e. The van der Waals surface area contributed by atoms with Gasteiger partial charge in [-0.25, -0.2) is 0 Å². The van der Waals surface area contributed by atoms with Crippen LogP contribution in [0.4, 0.5) is 0 Å². The normalized spacial score (nSPS) is 14.2. The van der Waals surface area contributed by atoms with E-state index in [9.17, 15) is 14.7 Å². The SMILES string of the molecule is CC(C)=CCC1=C(O)C(=O)c2c(cc(C)c3ccccc23)C1=O. The van der Waals surface area contributed by atoms with E-state index in [0.717, 1.165) is 16.5 Å². The molecule has 0 aliphatic heterocycles. The zero-order valence-electron chi connectivity index (χ0n) is 13.4. The first-order chi connectivity index (χ1) is 10.9. The van der Waals surface area contributed by atoms with E-state index in [1.807, 2.05) is 51.1 Å². The first kappa shape index (κ1) is 15.2. The molecule has 23 heavy (non-hydrogen) atoms. The van der Waals surface area contributed by atoms with Gasteiger partial charge >= 0.3 is 0 Å². The van der Waals surface area contributed by atoms with E-state index in [-0.39, 0.29) is 17.8 Å². The Balaban J connectivity index is 2.27. The summed E-state index contributed by atoms with van der Waals surface area (Å²) < 4.78 is 0. The quantitative estimate of drug-likeness (QED) is 0.818. The molecule has 0 radical (unpaired) electrons. The fourth-order valence-corrected chi connectivity index (χ4v) is 3.00. The molecule has 0 saturated carbocycles. The minimum atomic E-state index is -0.465. The molecule has 0 bridgehead atoms. The van der Waals surface area contributed by atoms with Crippen molar-refractivity contribution in [2.45, 2.75) is 27.2 Å². The van der Waals surface area contributed by atoms with Gasteiger partial charge in [0.05, 0.1) is 0 Å². The van der Waals surface area contributed by atoms with E-state index < -0.39 is 11.5 Å². The summed E-state index contributed by atoms with van der Waals surface area (Å²) in [5.74, 6) is -1.15. The van der Waals surface area contributed by atoms with E-state index >= 15 is 0 Å². The van der Waals surface area contributed by atoms with Crippen LogP contribution in [-0.2, 0) is 0 Å². The van der Waals surface area contributed by atoms with Crippen LogP contribution in [0, 0.1) is 6.92 Å². The Morgan fingerprint density at radius 1 is 1.09 bits per heavy atom. The largest absolute Gasteiger partial charge is 0.504 e. The Morgan fingerprint density at radius 2 is 1.74 bits per heavy atom. The number of fused-ring (bicyclic) bond motifs is 3. The van der Waals surface area contributed by atoms with Gasteiger partial charge in [0.15, 0.2) is 11.5 Å². The van der Waals surface area contributed by atoms with Crippen molar-refractivity contribution in [3.05, 3.63) is 70.0 Å². The predicted octanol–water partition coefficient (Wildman–Crippen LogP) is 4.70. The lowest BCUT2D eigenvalue weighted by atomic mass is 9.82. The van der Waals surface area contributed by atoms with Gasteiger partial charge in [0.2, 0.25) is 5.78 Å². The van der Waals surface area contributed by atoms with Gasteiger partial charge in [-0.15, -0.1) is 0 Å². The van der Waals surface area contributed by atoms with Gasteiger partial charge in [-0.2, -0.15) is 0 Å². The third kappa shape index (κ3) is 2.38. The Bertz CT molecular complexity index is 910. The average molecular weight is 306 g/mol. The molecule has 1 aliphatic rings. The summed E-state index contributed by atoms with van der Waals surface area (Å²) in [6.07, 6.45) is 2.11. The van der Waals surface area contributed by atoms with Crippen LogP contribution in [0.25, 0.3) is 10.8 Å². The Kier molecular flexibility index (Phi) is 3.64. The van der Waals surface area contributed by atoms with Crippen molar-refractivity contribution in [2.75, 3.05) is 0 Å². The molecule has 0 heterocycles. The standard InChI is InChI=1S/C20H18O3/c1-11(2)8-9-15-18(21)16-10-12(3)13-6-4-5-7-14(13)17(16)20(23)19(15)22/h4-8,10,22H,9H2,1-3H3. The summed E-state index contributed by atoms with van der Waals surface area (Å²) in [6.45, 7) is 5.75. The molecule has 3 heteroatoms. The second kappa shape index (κ2) is 5.51. The highest BCUT2D eigenvalue weighted by Crippen LogP contribution is 2.34. The minimum Gasteiger partial charge on any atom is -0.504 e. The lowest BCUT2D eigenvalue weighted by molar-refractivity contribution is 0.0929. The first-order valence-electron chi connectivity index (χ1n) is 7.59. The number of rotatable bonds is 2. The molecular formula is C20H18O3. The van der Waals surface area contributed by atoms with Gasteiger partial charge in [-0.3, -0.25) is 9.59 Å². The summed E-state index contributed by atoms with van der Waals surface area (Å²) in [5, 5.41) is 11.9. The number of benzene rings is 2. The molecule has 3 nitrogen and oxygen atoms in total. The van der Waals surface area contributed by atoms with Gasteiger partial charge < -0.3 is 5.11 Å². The number of allylic oxidation sites excluding steroid dienone is 4. The van der Waals surface area contributed by atoms with E-state index in [4.69, 9.17) is 0 Å². The van der Waals surface area contributed by atoms with Crippen molar-refractivity contribution < 1.29 is 14.7 Å². The summed E-state index contributed by atoms with van der Waals surface area (Å²) in [7, 11) is 0. The zero-order chi connectivity index (χ0) is 16.7. The van der Waals surface area contributed by atoms with Crippen LogP contribution in [0.15, 0.2) is 53.3 Å². The molecule has 0 spiro atoms. The Morgan fingerprint density at radius 3 is 2.39 bits per heavy atom. The smallest absolute Gasteiger partial charge is 0.229 e. The molecule has 0 unspecified atom stereocenters. The van der Waals surface area contributed by atoms with Crippen molar-refractivity contribution >= 4 is 22.3 Å². The lowest BCUT2D eigenvalue weighted by Gasteiger charge is -2.20. The molecule has 2 aromatic carbocycles. The van der Waals surface area contributed by atoms with Gasteiger partial charge in [-0.1, -0.05) is 35.9 Å². The Labute approximate surface area is 134 Å². The number of aliphatic hydroxyl groups excluding tert-OH is 1. The maximum absolute atomic E-state index is 12.8. The fourth-order valence-electron chi connectivity index (χ4n) is 3.00. The summed E-state index contributed by atoms with van der Waals surface area (Å²) >= 11 is 0. The van der Waals surface area contributed by atoms with Gasteiger partial charge in [0, 0.05) is 16.7 Å². The van der Waals surface area contributed by atoms with Crippen LogP contribution in [0.2, 0.25) is 0 Å². The van der Waals surface area contributed by atoms with Gasteiger partial charge in [0.25, 0.3) is 0 Å². The van der Waals surface area contributed by atoms with E-state index in [1.165, 1.54) is 0 Å². The fraction of sp³-hybridized carbons (Fsp3) is 0.200. The molecular weight excluding hydrogens is 288 g/mol. The predicted molar refractivity (Wildman–Crippen MR) is 91.0 cm³/mol. The molecule has 0 saturated heterocycles. The molecule has 3 rings (SSSR count). The number of ketones is 2. The van der Waals surface area contributed by atoms with E-state index in [2.05, 4.69) is 0 Å². The van der Waals surface area contributed by atoms with E-state index in [0.29, 0.717) is 16.5 Å². The number of carbonyl (C=O) groups excluding carboxylic acids is 2. The third-order valence-corrected chi connectivity index (χ3v) is 4.21. The molecule has 1 N–H and O–H groups in total. The second-order valence-corrected chi connectivity index (χ2v) is 6.13. The summed E-state index contributed by atoms with van der Waals surface area (Å²) in [4.78, 5) is 25.4. The van der Waals surface area contributed by atoms with Crippen LogP contribution in [0.1, 0.15) is 46.5 Å². The van der Waals surface area contributed by atoms with Crippen LogP contribution in [0.5, 0.6) is 0 Å². The van der Waals surface area contributed by atoms with Crippen LogP contribution < -0.4 is 0 Å².